The quantitative estimate of drug-likeness (QED) is 0.520. The minimum absolute atomic E-state index is 0.0818. The lowest BCUT2D eigenvalue weighted by Gasteiger charge is -2.21. The predicted molar refractivity (Wildman–Crippen MR) is 99.4 cm³/mol. The Morgan fingerprint density at radius 3 is 2.21 bits per heavy atom. The van der Waals surface area contributed by atoms with E-state index >= 15 is 0 Å². The van der Waals surface area contributed by atoms with E-state index in [1.54, 1.807) is 30.3 Å². The normalized spacial score (nSPS) is 11.8. The summed E-state index contributed by atoms with van der Waals surface area (Å²) in [4.78, 5) is 25.2. The fourth-order valence-corrected chi connectivity index (χ4v) is 2.53. The van der Waals surface area contributed by atoms with E-state index < -0.39 is 30.2 Å². The van der Waals surface area contributed by atoms with Gasteiger partial charge in [0.2, 0.25) is 5.91 Å². The first kappa shape index (κ1) is 21.5. The second kappa shape index (κ2) is 9.41. The number of carbonyl (C=O) groups is 2. The van der Waals surface area contributed by atoms with Gasteiger partial charge < -0.3 is 9.64 Å². The molecule has 0 aliphatic rings. The highest BCUT2D eigenvalue weighted by molar-refractivity contribution is 6.30. The number of carbonyl (C=O) groups excluding carboxylic acids is 2. The Labute approximate surface area is 165 Å². The van der Waals surface area contributed by atoms with Gasteiger partial charge in [-0.25, -0.2) is 0 Å². The van der Waals surface area contributed by atoms with Crippen LogP contribution in [0.1, 0.15) is 11.1 Å². The van der Waals surface area contributed by atoms with E-state index in [-0.39, 0.29) is 12.1 Å². The van der Waals surface area contributed by atoms with Gasteiger partial charge in [0.05, 0.1) is 12.7 Å². The lowest BCUT2D eigenvalue weighted by Crippen LogP contribution is -2.35. The molecule has 0 spiro atoms. The molecule has 0 aliphatic heterocycles. The maximum absolute atomic E-state index is 13.5. The molecule has 148 valence electrons. The van der Waals surface area contributed by atoms with Gasteiger partial charge in [0.1, 0.15) is 6.54 Å². The van der Waals surface area contributed by atoms with Crippen molar-refractivity contribution >= 4 is 29.1 Å². The summed E-state index contributed by atoms with van der Waals surface area (Å²) in [6, 6.07) is 13.4. The third-order valence-electron chi connectivity index (χ3n) is 3.80. The minimum Gasteiger partial charge on any atom is -0.468 e. The van der Waals surface area contributed by atoms with Crippen LogP contribution < -0.4 is 0 Å². The second-order valence-electron chi connectivity index (χ2n) is 5.82. The molecule has 0 fully saturated rings. The van der Waals surface area contributed by atoms with Gasteiger partial charge in [-0.15, -0.1) is 0 Å². The topological polar surface area (TPSA) is 46.6 Å². The van der Waals surface area contributed by atoms with Crippen molar-refractivity contribution in [1.82, 2.24) is 4.90 Å². The summed E-state index contributed by atoms with van der Waals surface area (Å²) < 4.78 is 45.0. The highest BCUT2D eigenvalue weighted by Gasteiger charge is 2.35. The molecule has 0 N–H and O–H groups in total. The van der Waals surface area contributed by atoms with Crippen LogP contribution in [0.2, 0.25) is 5.02 Å². The fourth-order valence-electron chi connectivity index (χ4n) is 2.40. The molecule has 2 rings (SSSR count). The number of hydrogen-bond donors (Lipinski definition) is 0. The summed E-state index contributed by atoms with van der Waals surface area (Å²) in [6.45, 7) is -0.573. The van der Waals surface area contributed by atoms with Crippen molar-refractivity contribution in [3.63, 3.8) is 0 Å². The average Bonchev–Trinajstić information content (AvgIpc) is 2.66. The molecule has 1 amide bonds. The molecule has 0 atom stereocenters. The Hall–Kier alpha value is -2.80. The zero-order valence-electron chi connectivity index (χ0n) is 14.9. The molecule has 0 radical (unpaired) electrons. The molecule has 2 aromatic carbocycles. The Bertz CT molecular complexity index is 849. The second-order valence-corrected chi connectivity index (χ2v) is 6.26. The number of benzene rings is 2. The number of allylic oxidation sites excluding steroid dienone is 1. The van der Waals surface area contributed by atoms with Crippen molar-refractivity contribution in [2.75, 3.05) is 13.7 Å². The van der Waals surface area contributed by atoms with Crippen molar-refractivity contribution in [2.45, 2.75) is 12.7 Å². The van der Waals surface area contributed by atoms with Crippen LogP contribution in [0.4, 0.5) is 13.2 Å². The number of ether oxygens (including phenoxy) is 1. The lowest BCUT2D eigenvalue weighted by molar-refractivity contribution is -0.145. The molecule has 0 aromatic heterocycles. The van der Waals surface area contributed by atoms with Gasteiger partial charge in [0.15, 0.2) is 0 Å². The number of rotatable bonds is 6. The number of amides is 1. The summed E-state index contributed by atoms with van der Waals surface area (Å²) in [7, 11) is 1.13. The number of hydrogen-bond acceptors (Lipinski definition) is 3. The smallest absolute Gasteiger partial charge is 0.417 e. The monoisotopic (exact) mass is 411 g/mol. The van der Waals surface area contributed by atoms with Crippen LogP contribution in [0, 0.1) is 0 Å². The first-order chi connectivity index (χ1) is 13.2. The maximum atomic E-state index is 13.5. The predicted octanol–water partition coefficient (Wildman–Crippen LogP) is 4.49. The number of methoxy groups -OCH3 is 1. The Morgan fingerprint density at radius 1 is 1.07 bits per heavy atom. The molecule has 2 aromatic rings. The van der Waals surface area contributed by atoms with Crippen LogP contribution in [0.5, 0.6) is 0 Å². The van der Waals surface area contributed by atoms with Crippen LogP contribution >= 0.6 is 11.6 Å². The van der Waals surface area contributed by atoms with Crippen LogP contribution in [-0.2, 0) is 20.9 Å². The van der Waals surface area contributed by atoms with Crippen molar-refractivity contribution in [3.8, 4) is 0 Å². The van der Waals surface area contributed by atoms with E-state index in [9.17, 15) is 22.8 Å². The van der Waals surface area contributed by atoms with Crippen LogP contribution in [0.3, 0.4) is 0 Å². The van der Waals surface area contributed by atoms with Crippen LogP contribution in [0.15, 0.2) is 60.7 Å². The summed E-state index contributed by atoms with van der Waals surface area (Å²) in [5.41, 5.74) is -0.639. The highest BCUT2D eigenvalue weighted by Crippen LogP contribution is 2.33. The van der Waals surface area contributed by atoms with E-state index in [1.165, 1.54) is 24.3 Å². The molecular formula is C20H17ClF3NO3. The Balaban J connectivity index is 2.36. The zero-order chi connectivity index (χ0) is 20.7. The van der Waals surface area contributed by atoms with Gasteiger partial charge in [-0.3, -0.25) is 9.59 Å². The summed E-state index contributed by atoms with van der Waals surface area (Å²) in [5, 5.41) is 0.470. The van der Waals surface area contributed by atoms with Gasteiger partial charge in [0, 0.05) is 17.6 Å². The first-order valence-electron chi connectivity index (χ1n) is 8.15. The number of alkyl halides is 3. The Morgan fingerprint density at radius 2 is 1.68 bits per heavy atom. The third kappa shape index (κ3) is 6.13. The molecule has 0 saturated heterocycles. The van der Waals surface area contributed by atoms with E-state index in [1.807, 2.05) is 0 Å². The molecule has 0 unspecified atom stereocenters. The van der Waals surface area contributed by atoms with Gasteiger partial charge >= 0.3 is 12.1 Å². The van der Waals surface area contributed by atoms with Gasteiger partial charge in [-0.1, -0.05) is 54.1 Å². The zero-order valence-corrected chi connectivity index (χ0v) is 15.6. The SMILES string of the molecule is COC(=O)CN(Cc1ccc(Cl)cc1)C(=O)/C=C(/c1ccccc1)C(F)(F)F. The van der Waals surface area contributed by atoms with Crippen molar-refractivity contribution < 1.29 is 27.5 Å². The molecule has 0 saturated carbocycles. The number of esters is 1. The molecule has 0 bridgehead atoms. The van der Waals surface area contributed by atoms with E-state index in [0.717, 1.165) is 12.0 Å². The Kier molecular flexibility index (Phi) is 7.23. The number of nitrogens with zero attached hydrogens (tertiary/aromatic N) is 1. The molecule has 28 heavy (non-hydrogen) atoms. The maximum Gasteiger partial charge on any atom is 0.417 e. The van der Waals surface area contributed by atoms with E-state index in [4.69, 9.17) is 11.6 Å². The average molecular weight is 412 g/mol. The molecule has 8 heteroatoms. The lowest BCUT2D eigenvalue weighted by atomic mass is 10.0. The summed E-state index contributed by atoms with van der Waals surface area (Å²) >= 11 is 5.82. The van der Waals surface area contributed by atoms with Crippen LogP contribution in [0.25, 0.3) is 5.57 Å². The van der Waals surface area contributed by atoms with E-state index in [2.05, 4.69) is 4.74 Å². The molecule has 0 aliphatic carbocycles. The molecule has 4 nitrogen and oxygen atoms in total. The van der Waals surface area contributed by atoms with Gasteiger partial charge in [0.25, 0.3) is 0 Å². The van der Waals surface area contributed by atoms with Gasteiger partial charge in [-0.05, 0) is 23.3 Å². The summed E-state index contributed by atoms with van der Waals surface area (Å²) in [6.07, 6.45) is -4.25. The van der Waals surface area contributed by atoms with Crippen molar-refractivity contribution in [1.29, 1.82) is 0 Å². The molecular weight excluding hydrogens is 395 g/mol. The van der Waals surface area contributed by atoms with Gasteiger partial charge in [-0.2, -0.15) is 13.2 Å². The minimum atomic E-state index is -4.74. The number of halogens is 4. The third-order valence-corrected chi connectivity index (χ3v) is 4.06. The fraction of sp³-hybridized carbons (Fsp3) is 0.200. The first-order valence-corrected chi connectivity index (χ1v) is 8.53. The summed E-state index contributed by atoms with van der Waals surface area (Å²) in [5.74, 6) is -1.71. The highest BCUT2D eigenvalue weighted by atomic mass is 35.5. The van der Waals surface area contributed by atoms with Crippen molar-refractivity contribution in [2.24, 2.45) is 0 Å². The standard InChI is InChI=1S/C20H17ClF3NO3/c1-28-19(27)13-25(12-14-7-9-16(21)10-8-14)18(26)11-17(20(22,23)24)15-5-3-2-4-6-15/h2-11H,12-13H2,1H3/b17-11-. The van der Waals surface area contributed by atoms with Crippen molar-refractivity contribution in [3.05, 3.63) is 76.8 Å². The van der Waals surface area contributed by atoms with E-state index in [0.29, 0.717) is 16.7 Å². The largest absolute Gasteiger partial charge is 0.468 e. The molecule has 0 heterocycles. The van der Waals surface area contributed by atoms with Crippen LogP contribution in [-0.4, -0.2) is 36.6 Å².